The highest BCUT2D eigenvalue weighted by Crippen LogP contribution is 2.48. The second-order valence-corrected chi connectivity index (χ2v) is 10.3. The molecule has 0 bridgehead atoms. The summed E-state index contributed by atoms with van der Waals surface area (Å²) in [5.41, 5.74) is 4.32. The zero-order chi connectivity index (χ0) is 27.6. The van der Waals surface area contributed by atoms with Crippen LogP contribution < -0.4 is 19.5 Å². The number of nitrogens with one attached hydrogen (secondary N) is 1. The number of benzene rings is 2. The lowest BCUT2D eigenvalue weighted by atomic mass is 9.71. The van der Waals surface area contributed by atoms with Crippen LogP contribution in [0, 0.1) is 0 Å². The van der Waals surface area contributed by atoms with Crippen molar-refractivity contribution < 1.29 is 28.5 Å². The first-order valence-electron chi connectivity index (χ1n) is 13.1. The van der Waals surface area contributed by atoms with Gasteiger partial charge in [-0.15, -0.1) is 0 Å². The van der Waals surface area contributed by atoms with Crippen molar-refractivity contribution in [1.82, 2.24) is 5.32 Å². The topological polar surface area (TPSA) is 83.1 Å². The van der Waals surface area contributed by atoms with Crippen molar-refractivity contribution in [3.8, 4) is 17.2 Å². The van der Waals surface area contributed by atoms with Crippen LogP contribution in [0.25, 0.3) is 0 Å². The zero-order valence-electron chi connectivity index (χ0n) is 23.2. The molecule has 0 fully saturated rings. The summed E-state index contributed by atoms with van der Waals surface area (Å²) >= 11 is 0. The molecule has 4 rings (SSSR count). The number of hydrogen-bond acceptors (Lipinski definition) is 7. The Hall–Kier alpha value is -3.74. The third kappa shape index (κ3) is 5.42. The number of rotatable bonds is 8. The first-order chi connectivity index (χ1) is 18.1. The molecule has 2 aliphatic rings. The van der Waals surface area contributed by atoms with Crippen LogP contribution >= 0.6 is 0 Å². The maximum absolute atomic E-state index is 13.9. The van der Waals surface area contributed by atoms with Gasteiger partial charge in [-0.05, 0) is 70.7 Å². The maximum Gasteiger partial charge on any atom is 0.337 e. The Kier molecular flexibility index (Phi) is 8.14. The van der Waals surface area contributed by atoms with Crippen LogP contribution in [0.2, 0.25) is 0 Å². The summed E-state index contributed by atoms with van der Waals surface area (Å²) in [5, 5.41) is 3.40. The van der Waals surface area contributed by atoms with Crippen molar-refractivity contribution in [3.63, 3.8) is 0 Å². The smallest absolute Gasteiger partial charge is 0.337 e. The Morgan fingerprint density at radius 1 is 0.921 bits per heavy atom. The summed E-state index contributed by atoms with van der Waals surface area (Å²) in [5.74, 6) is 0.837. The van der Waals surface area contributed by atoms with E-state index in [4.69, 9.17) is 18.9 Å². The van der Waals surface area contributed by atoms with Gasteiger partial charge in [0, 0.05) is 29.0 Å². The van der Waals surface area contributed by atoms with Crippen molar-refractivity contribution in [2.45, 2.75) is 71.5 Å². The van der Waals surface area contributed by atoms with E-state index in [1.54, 1.807) is 14.2 Å². The van der Waals surface area contributed by atoms with Gasteiger partial charge in [0.05, 0.1) is 37.9 Å². The van der Waals surface area contributed by atoms with Gasteiger partial charge < -0.3 is 24.3 Å². The van der Waals surface area contributed by atoms with Crippen LogP contribution in [-0.2, 0) is 14.3 Å². The first kappa shape index (κ1) is 27.3. The average molecular weight is 520 g/mol. The van der Waals surface area contributed by atoms with Crippen LogP contribution in [-0.4, -0.2) is 38.2 Å². The molecule has 1 heterocycles. The molecule has 7 heteroatoms. The number of para-hydroxylation sites is 1. The minimum atomic E-state index is -0.591. The number of allylic oxidation sites excluding steroid dienone is 3. The molecule has 2 aromatic rings. The van der Waals surface area contributed by atoms with Crippen LogP contribution in [0.5, 0.6) is 17.2 Å². The van der Waals surface area contributed by atoms with E-state index in [1.807, 2.05) is 77.1 Å². The molecular formula is C31H37NO6. The molecule has 0 radical (unpaired) electrons. The summed E-state index contributed by atoms with van der Waals surface area (Å²) < 4.78 is 22.7. The minimum Gasteiger partial charge on any atom is -0.493 e. The van der Waals surface area contributed by atoms with Crippen molar-refractivity contribution in [2.75, 3.05) is 14.2 Å². The minimum absolute atomic E-state index is 0.00904. The highest BCUT2D eigenvalue weighted by molar-refractivity contribution is 6.04. The number of ether oxygens (including phenoxy) is 4. The molecule has 38 heavy (non-hydrogen) atoms. The number of hydrogen-bond donors (Lipinski definition) is 1. The Balaban J connectivity index is 1.82. The summed E-state index contributed by atoms with van der Waals surface area (Å²) in [6, 6.07) is 13.4. The zero-order valence-corrected chi connectivity index (χ0v) is 23.2. The Morgan fingerprint density at radius 2 is 1.63 bits per heavy atom. The van der Waals surface area contributed by atoms with Crippen LogP contribution in [0.4, 0.5) is 0 Å². The third-order valence-corrected chi connectivity index (χ3v) is 6.86. The van der Waals surface area contributed by atoms with Gasteiger partial charge in [0.25, 0.3) is 0 Å². The second kappa shape index (κ2) is 11.3. The molecule has 0 saturated carbocycles. The molecule has 2 aromatic carbocycles. The molecule has 1 aliphatic heterocycles. The number of esters is 1. The first-order valence-corrected chi connectivity index (χ1v) is 13.1. The van der Waals surface area contributed by atoms with E-state index in [0.717, 1.165) is 16.8 Å². The summed E-state index contributed by atoms with van der Waals surface area (Å²) in [6.07, 6.45) is 0.562. The van der Waals surface area contributed by atoms with E-state index < -0.39 is 11.9 Å². The monoisotopic (exact) mass is 519 g/mol. The standard InChI is InChI=1S/C31H37NO6/c1-17(2)37-25-11-9-8-10-22(25)29-28(31(34)38-18(3)4)19(5)32-23-14-21(15-24(33)30(23)29)20-12-13-26(35-6)27(16-20)36-7/h8-13,16-18,21,29,32H,14-15H2,1-7H3/t21-,29+/m0/s1. The molecule has 1 aliphatic carbocycles. The lowest BCUT2D eigenvalue weighted by Crippen LogP contribution is -2.36. The van der Waals surface area contributed by atoms with Crippen molar-refractivity contribution in [1.29, 1.82) is 0 Å². The molecule has 0 saturated heterocycles. The van der Waals surface area contributed by atoms with Gasteiger partial charge >= 0.3 is 5.97 Å². The van der Waals surface area contributed by atoms with E-state index in [-0.39, 0.29) is 23.9 Å². The number of carbonyl (C=O) groups excluding carboxylic acids is 2. The number of dihydropyridines is 1. The fourth-order valence-corrected chi connectivity index (χ4v) is 5.32. The van der Waals surface area contributed by atoms with Crippen LogP contribution in [0.15, 0.2) is 65.0 Å². The molecule has 0 amide bonds. The molecule has 2 atom stereocenters. The van der Waals surface area contributed by atoms with Crippen molar-refractivity contribution in [2.24, 2.45) is 0 Å². The molecule has 0 aromatic heterocycles. The summed E-state index contributed by atoms with van der Waals surface area (Å²) in [6.45, 7) is 9.42. The fourth-order valence-electron chi connectivity index (χ4n) is 5.32. The van der Waals surface area contributed by atoms with Gasteiger partial charge in [-0.2, -0.15) is 0 Å². The Bertz CT molecular complexity index is 1290. The molecule has 0 unspecified atom stereocenters. The largest absolute Gasteiger partial charge is 0.493 e. The normalized spacial score (nSPS) is 19.3. The second-order valence-electron chi connectivity index (χ2n) is 10.3. The predicted molar refractivity (Wildman–Crippen MR) is 146 cm³/mol. The lowest BCUT2D eigenvalue weighted by molar-refractivity contribution is -0.143. The Morgan fingerprint density at radius 3 is 2.29 bits per heavy atom. The van der Waals surface area contributed by atoms with Gasteiger partial charge in [0.15, 0.2) is 17.3 Å². The highest BCUT2D eigenvalue weighted by Gasteiger charge is 2.42. The van der Waals surface area contributed by atoms with Crippen LogP contribution in [0.1, 0.15) is 70.4 Å². The number of methoxy groups -OCH3 is 2. The number of carbonyl (C=O) groups is 2. The summed E-state index contributed by atoms with van der Waals surface area (Å²) in [4.78, 5) is 27.3. The van der Waals surface area contributed by atoms with E-state index in [2.05, 4.69) is 5.32 Å². The van der Waals surface area contributed by atoms with E-state index in [9.17, 15) is 9.59 Å². The molecular weight excluding hydrogens is 482 g/mol. The molecule has 7 nitrogen and oxygen atoms in total. The van der Waals surface area contributed by atoms with E-state index in [1.165, 1.54) is 0 Å². The van der Waals surface area contributed by atoms with Crippen LogP contribution in [0.3, 0.4) is 0 Å². The molecule has 1 N–H and O–H groups in total. The number of Topliss-reactive ketones (excluding diaryl/α,β-unsaturated/α-hetero) is 1. The quantitative estimate of drug-likeness (QED) is 0.441. The van der Waals surface area contributed by atoms with Gasteiger partial charge in [-0.1, -0.05) is 24.3 Å². The van der Waals surface area contributed by atoms with Crippen molar-refractivity contribution >= 4 is 11.8 Å². The van der Waals surface area contributed by atoms with Gasteiger partial charge in [-0.25, -0.2) is 4.79 Å². The van der Waals surface area contributed by atoms with E-state index in [0.29, 0.717) is 46.9 Å². The SMILES string of the molecule is COc1ccc([C@@H]2CC(=O)C3=C(C2)NC(C)=C(C(=O)OC(C)C)[C@H]3c2ccccc2OC(C)C)cc1OC. The number of ketones is 1. The molecule has 0 spiro atoms. The van der Waals surface area contributed by atoms with Crippen molar-refractivity contribution in [3.05, 3.63) is 76.1 Å². The van der Waals surface area contributed by atoms with Gasteiger partial charge in [0.2, 0.25) is 0 Å². The maximum atomic E-state index is 13.9. The predicted octanol–water partition coefficient (Wildman–Crippen LogP) is 5.80. The van der Waals surface area contributed by atoms with Gasteiger partial charge in [0.1, 0.15) is 5.75 Å². The Labute approximate surface area is 224 Å². The summed E-state index contributed by atoms with van der Waals surface area (Å²) in [7, 11) is 3.20. The highest BCUT2D eigenvalue weighted by atomic mass is 16.5. The average Bonchev–Trinajstić information content (AvgIpc) is 2.86. The van der Waals surface area contributed by atoms with E-state index >= 15 is 0 Å². The fraction of sp³-hybridized carbons (Fsp3) is 0.419. The van der Waals surface area contributed by atoms with Gasteiger partial charge in [-0.3, -0.25) is 4.79 Å². The lowest BCUT2D eigenvalue weighted by Gasteiger charge is -2.37. The molecule has 202 valence electrons. The third-order valence-electron chi connectivity index (χ3n) is 6.86.